The average Bonchev–Trinajstić information content (AvgIpc) is 2.35. The largest absolute Gasteiger partial charge is 0.481 e. The number of carboxylic acids is 1. The summed E-state index contributed by atoms with van der Waals surface area (Å²) in [6.45, 7) is 5.67. The Kier molecular flexibility index (Phi) is 6.34. The van der Waals surface area contributed by atoms with Crippen molar-refractivity contribution in [1.82, 2.24) is 5.32 Å². The van der Waals surface area contributed by atoms with Crippen LogP contribution in [0.5, 0.6) is 0 Å². The summed E-state index contributed by atoms with van der Waals surface area (Å²) < 4.78 is 13.0. The number of hydrogen-bond donors (Lipinski definition) is 2. The van der Waals surface area contributed by atoms with Crippen molar-refractivity contribution in [2.24, 2.45) is 11.8 Å². The van der Waals surface area contributed by atoms with Crippen LogP contribution in [-0.2, 0) is 9.59 Å². The van der Waals surface area contributed by atoms with E-state index < -0.39 is 5.97 Å². The SMILES string of the molecule is CC(CC(=O)O)CC(=O)NC(c1ccc(F)cc1)C(C)C. The molecule has 1 aromatic carbocycles. The molecule has 0 bridgehead atoms. The Balaban J connectivity index is 2.68. The van der Waals surface area contributed by atoms with Gasteiger partial charge in [0, 0.05) is 12.8 Å². The number of nitrogens with one attached hydrogen (secondary N) is 1. The molecule has 1 aromatic rings. The second-order valence-corrected chi connectivity index (χ2v) is 5.75. The molecule has 0 aromatic heterocycles. The van der Waals surface area contributed by atoms with E-state index >= 15 is 0 Å². The van der Waals surface area contributed by atoms with Crippen LogP contribution in [0.15, 0.2) is 24.3 Å². The van der Waals surface area contributed by atoms with Gasteiger partial charge in [-0.05, 0) is 29.5 Å². The fraction of sp³-hybridized carbons (Fsp3) is 0.500. The summed E-state index contributed by atoms with van der Waals surface area (Å²) in [4.78, 5) is 22.6. The van der Waals surface area contributed by atoms with Gasteiger partial charge < -0.3 is 10.4 Å². The smallest absolute Gasteiger partial charge is 0.303 e. The molecular formula is C16H22FNO3. The quantitative estimate of drug-likeness (QED) is 0.812. The summed E-state index contributed by atoms with van der Waals surface area (Å²) in [7, 11) is 0. The van der Waals surface area contributed by atoms with Gasteiger partial charge in [-0.3, -0.25) is 9.59 Å². The monoisotopic (exact) mass is 295 g/mol. The van der Waals surface area contributed by atoms with Gasteiger partial charge >= 0.3 is 5.97 Å². The first-order chi connectivity index (χ1) is 9.79. The third-order valence-electron chi connectivity index (χ3n) is 3.27. The van der Waals surface area contributed by atoms with Crippen molar-refractivity contribution in [3.63, 3.8) is 0 Å². The Bertz CT molecular complexity index is 485. The number of carbonyl (C=O) groups is 2. The van der Waals surface area contributed by atoms with E-state index in [1.54, 1.807) is 19.1 Å². The van der Waals surface area contributed by atoms with E-state index in [4.69, 9.17) is 5.11 Å². The van der Waals surface area contributed by atoms with Gasteiger partial charge in [0.05, 0.1) is 6.04 Å². The van der Waals surface area contributed by atoms with E-state index in [9.17, 15) is 14.0 Å². The fourth-order valence-corrected chi connectivity index (χ4v) is 2.22. The van der Waals surface area contributed by atoms with Crippen molar-refractivity contribution in [2.45, 2.75) is 39.7 Å². The summed E-state index contributed by atoms with van der Waals surface area (Å²) >= 11 is 0. The zero-order chi connectivity index (χ0) is 16.0. The Morgan fingerprint density at radius 1 is 1.14 bits per heavy atom. The Labute approximate surface area is 124 Å². The van der Waals surface area contributed by atoms with Crippen LogP contribution < -0.4 is 5.32 Å². The van der Waals surface area contributed by atoms with Crippen molar-refractivity contribution in [1.29, 1.82) is 0 Å². The van der Waals surface area contributed by atoms with E-state index in [2.05, 4.69) is 5.32 Å². The first-order valence-electron chi connectivity index (χ1n) is 7.06. The lowest BCUT2D eigenvalue weighted by Crippen LogP contribution is -2.32. The second-order valence-electron chi connectivity index (χ2n) is 5.75. The molecule has 1 amide bonds. The molecule has 0 heterocycles. The number of aliphatic carboxylic acids is 1. The van der Waals surface area contributed by atoms with Crippen molar-refractivity contribution in [3.8, 4) is 0 Å². The minimum Gasteiger partial charge on any atom is -0.481 e. The molecule has 0 spiro atoms. The minimum absolute atomic E-state index is 0.0314. The fourth-order valence-electron chi connectivity index (χ4n) is 2.22. The van der Waals surface area contributed by atoms with E-state index in [0.29, 0.717) is 0 Å². The van der Waals surface area contributed by atoms with Gasteiger partial charge in [0.25, 0.3) is 0 Å². The maximum atomic E-state index is 13.0. The molecule has 21 heavy (non-hydrogen) atoms. The van der Waals surface area contributed by atoms with Gasteiger partial charge in [0.2, 0.25) is 5.91 Å². The number of hydrogen-bond acceptors (Lipinski definition) is 2. The molecule has 2 N–H and O–H groups in total. The molecule has 0 fully saturated rings. The van der Waals surface area contributed by atoms with E-state index in [1.807, 2.05) is 13.8 Å². The van der Waals surface area contributed by atoms with Crippen LogP contribution in [-0.4, -0.2) is 17.0 Å². The molecule has 1 rings (SSSR count). The molecule has 5 heteroatoms. The molecular weight excluding hydrogens is 273 g/mol. The zero-order valence-electron chi connectivity index (χ0n) is 12.6. The molecule has 0 aliphatic heterocycles. The maximum Gasteiger partial charge on any atom is 0.303 e. The summed E-state index contributed by atoms with van der Waals surface area (Å²) in [5.74, 6) is -1.48. The van der Waals surface area contributed by atoms with E-state index in [1.165, 1.54) is 12.1 Å². The highest BCUT2D eigenvalue weighted by Gasteiger charge is 2.20. The number of rotatable bonds is 7. The predicted octanol–water partition coefficient (Wildman–Crippen LogP) is 3.14. The van der Waals surface area contributed by atoms with Crippen LogP contribution in [0.1, 0.15) is 45.2 Å². The lowest BCUT2D eigenvalue weighted by atomic mass is 9.95. The maximum absolute atomic E-state index is 13.0. The van der Waals surface area contributed by atoms with Crippen molar-refractivity contribution in [3.05, 3.63) is 35.6 Å². The Morgan fingerprint density at radius 2 is 1.71 bits per heavy atom. The van der Waals surface area contributed by atoms with Gasteiger partial charge in [-0.15, -0.1) is 0 Å². The summed E-state index contributed by atoms with van der Waals surface area (Å²) in [5, 5.41) is 11.6. The highest BCUT2D eigenvalue weighted by molar-refractivity contribution is 5.77. The third kappa shape index (κ3) is 5.94. The lowest BCUT2D eigenvalue weighted by molar-refractivity contribution is -0.138. The van der Waals surface area contributed by atoms with Gasteiger partial charge in [0.15, 0.2) is 0 Å². The second kappa shape index (κ2) is 7.76. The third-order valence-corrected chi connectivity index (χ3v) is 3.27. The van der Waals surface area contributed by atoms with Crippen molar-refractivity contribution >= 4 is 11.9 Å². The highest BCUT2D eigenvalue weighted by Crippen LogP contribution is 2.22. The van der Waals surface area contributed by atoms with Gasteiger partial charge in [-0.2, -0.15) is 0 Å². The van der Waals surface area contributed by atoms with E-state index in [0.717, 1.165) is 5.56 Å². The highest BCUT2D eigenvalue weighted by atomic mass is 19.1. The number of amides is 1. The molecule has 0 aliphatic rings. The van der Waals surface area contributed by atoms with Crippen LogP contribution in [0.25, 0.3) is 0 Å². The van der Waals surface area contributed by atoms with E-state index in [-0.39, 0.29) is 42.4 Å². The molecule has 2 unspecified atom stereocenters. The molecule has 0 saturated carbocycles. The predicted molar refractivity (Wildman–Crippen MR) is 78.2 cm³/mol. The van der Waals surface area contributed by atoms with Crippen molar-refractivity contribution in [2.75, 3.05) is 0 Å². The van der Waals surface area contributed by atoms with Crippen molar-refractivity contribution < 1.29 is 19.1 Å². The van der Waals surface area contributed by atoms with Crippen LogP contribution in [0.3, 0.4) is 0 Å². The minimum atomic E-state index is -0.908. The zero-order valence-corrected chi connectivity index (χ0v) is 12.6. The number of carboxylic acid groups (broad SMARTS) is 1. The summed E-state index contributed by atoms with van der Waals surface area (Å²) in [6.07, 6.45) is 0.132. The molecule has 0 saturated heterocycles. The summed E-state index contributed by atoms with van der Waals surface area (Å²) in [6, 6.07) is 5.82. The van der Waals surface area contributed by atoms with Crippen LogP contribution in [0.4, 0.5) is 4.39 Å². The Hall–Kier alpha value is -1.91. The van der Waals surface area contributed by atoms with Gasteiger partial charge in [-0.25, -0.2) is 4.39 Å². The van der Waals surface area contributed by atoms with Crippen LogP contribution in [0, 0.1) is 17.7 Å². The number of carbonyl (C=O) groups excluding carboxylic acids is 1. The van der Waals surface area contributed by atoms with Gasteiger partial charge in [-0.1, -0.05) is 32.9 Å². The standard InChI is InChI=1S/C16H22FNO3/c1-10(2)16(12-4-6-13(17)7-5-12)18-14(19)8-11(3)9-15(20)21/h4-7,10-11,16H,8-9H2,1-3H3,(H,18,19)(H,20,21). The first-order valence-corrected chi connectivity index (χ1v) is 7.06. The van der Waals surface area contributed by atoms with Crippen LogP contribution >= 0.6 is 0 Å². The van der Waals surface area contributed by atoms with Gasteiger partial charge in [0.1, 0.15) is 5.82 Å². The average molecular weight is 295 g/mol. The molecule has 116 valence electrons. The summed E-state index contributed by atoms with van der Waals surface area (Å²) in [5.41, 5.74) is 0.839. The Morgan fingerprint density at radius 3 is 2.19 bits per heavy atom. The number of halogens is 1. The molecule has 0 aliphatic carbocycles. The normalized spacial score (nSPS) is 13.8. The molecule has 0 radical (unpaired) electrons. The first kappa shape index (κ1) is 17.1. The lowest BCUT2D eigenvalue weighted by Gasteiger charge is -2.23. The number of benzene rings is 1. The topological polar surface area (TPSA) is 66.4 Å². The molecule has 4 nitrogen and oxygen atoms in total. The van der Waals surface area contributed by atoms with Crippen LogP contribution in [0.2, 0.25) is 0 Å². The molecule has 2 atom stereocenters.